The summed E-state index contributed by atoms with van der Waals surface area (Å²) in [6, 6.07) is 20.4. The lowest BCUT2D eigenvalue weighted by atomic mass is 9.86. The fourth-order valence-corrected chi connectivity index (χ4v) is 4.76. The van der Waals surface area contributed by atoms with Crippen LogP contribution < -0.4 is 10.1 Å². The lowest BCUT2D eigenvalue weighted by Crippen LogP contribution is -2.45. The fourth-order valence-electron chi connectivity index (χ4n) is 4.76. The minimum atomic E-state index is -0.0830. The summed E-state index contributed by atoms with van der Waals surface area (Å²) >= 11 is 0. The number of benzene rings is 2. The molecule has 0 radical (unpaired) electrons. The maximum Gasteiger partial charge on any atom is 0.257 e. The summed E-state index contributed by atoms with van der Waals surface area (Å²) in [7, 11) is 1.71. The highest BCUT2D eigenvalue weighted by atomic mass is 16.5. The van der Waals surface area contributed by atoms with Crippen LogP contribution in [-0.4, -0.2) is 29.1 Å². The van der Waals surface area contributed by atoms with Gasteiger partial charge in [0.1, 0.15) is 5.75 Å². The van der Waals surface area contributed by atoms with Crippen molar-refractivity contribution in [1.82, 2.24) is 15.2 Å². The first kappa shape index (κ1) is 24.0. The molecule has 5 heteroatoms. The van der Waals surface area contributed by atoms with Gasteiger partial charge in [-0.05, 0) is 54.5 Å². The van der Waals surface area contributed by atoms with E-state index in [1.165, 1.54) is 5.56 Å². The summed E-state index contributed by atoms with van der Waals surface area (Å²) in [5.41, 5.74) is 4.98. The average molecular weight is 458 g/mol. The molecule has 2 heterocycles. The molecule has 5 nitrogen and oxygen atoms in total. The molecule has 0 aliphatic carbocycles. The van der Waals surface area contributed by atoms with E-state index in [0.717, 1.165) is 35.4 Å². The van der Waals surface area contributed by atoms with Crippen LogP contribution >= 0.6 is 0 Å². The Labute approximate surface area is 203 Å². The molecule has 1 aliphatic heterocycles. The van der Waals surface area contributed by atoms with Crippen molar-refractivity contribution in [3.63, 3.8) is 0 Å². The number of carbonyl (C=O) groups is 1. The molecular formula is C29H35N3O2. The minimum absolute atomic E-state index is 0.0184. The minimum Gasteiger partial charge on any atom is -0.496 e. The molecular weight excluding hydrogens is 422 g/mol. The number of hydrogen-bond donors (Lipinski definition) is 1. The fraction of sp³-hybridized carbons (Fsp3) is 0.379. The number of aryl methyl sites for hydroxylation is 1. The molecule has 34 heavy (non-hydrogen) atoms. The van der Waals surface area contributed by atoms with Gasteiger partial charge in [0.15, 0.2) is 0 Å². The summed E-state index contributed by atoms with van der Waals surface area (Å²) in [4.78, 5) is 20.2. The van der Waals surface area contributed by atoms with Gasteiger partial charge in [-0.15, -0.1) is 0 Å². The number of likely N-dealkylation sites (tertiary alicyclic amines) is 1. The van der Waals surface area contributed by atoms with Gasteiger partial charge in [-0.2, -0.15) is 0 Å². The van der Waals surface area contributed by atoms with E-state index in [-0.39, 0.29) is 23.5 Å². The highest BCUT2D eigenvalue weighted by Crippen LogP contribution is 2.37. The van der Waals surface area contributed by atoms with E-state index < -0.39 is 0 Å². The van der Waals surface area contributed by atoms with Crippen LogP contribution in [0.5, 0.6) is 5.75 Å². The predicted molar refractivity (Wildman–Crippen MR) is 136 cm³/mol. The summed E-state index contributed by atoms with van der Waals surface area (Å²) in [6.07, 6.45) is 3.44. The number of carbonyl (C=O) groups excluding carboxylic acids is 1. The van der Waals surface area contributed by atoms with Gasteiger partial charge in [-0.25, -0.2) is 0 Å². The Morgan fingerprint density at radius 1 is 1.09 bits per heavy atom. The van der Waals surface area contributed by atoms with Crippen molar-refractivity contribution in [2.24, 2.45) is 0 Å². The molecule has 1 amide bonds. The monoisotopic (exact) mass is 457 g/mol. The lowest BCUT2D eigenvalue weighted by Gasteiger charge is -2.32. The Bertz CT molecular complexity index is 1140. The number of pyridine rings is 1. The Morgan fingerprint density at radius 2 is 1.85 bits per heavy atom. The highest BCUT2D eigenvalue weighted by Gasteiger charge is 2.38. The second-order valence-electron chi connectivity index (χ2n) is 10.0. The first-order valence-corrected chi connectivity index (χ1v) is 12.0. The standard InChI is InChI=1S/C29H35N3O2/c1-20-24(12-9-17-30-20)28(33)32-25(21-10-7-6-8-11-21)14-16-27(32)31-19-22-18-23(29(2,3)4)13-15-26(22)34-5/h6-13,15,17-18,25,27,31H,14,16,19H2,1-5H3. The first-order valence-electron chi connectivity index (χ1n) is 12.0. The number of methoxy groups -OCH3 is 1. The molecule has 1 N–H and O–H groups in total. The van der Waals surface area contributed by atoms with Crippen LogP contribution in [0.2, 0.25) is 0 Å². The van der Waals surface area contributed by atoms with Crippen molar-refractivity contribution < 1.29 is 9.53 Å². The highest BCUT2D eigenvalue weighted by molar-refractivity contribution is 5.95. The van der Waals surface area contributed by atoms with Crippen molar-refractivity contribution in [2.75, 3.05) is 7.11 Å². The Morgan fingerprint density at radius 3 is 2.53 bits per heavy atom. The van der Waals surface area contributed by atoms with Gasteiger partial charge in [-0.3, -0.25) is 15.1 Å². The molecule has 3 aromatic rings. The van der Waals surface area contributed by atoms with E-state index in [4.69, 9.17) is 4.74 Å². The van der Waals surface area contributed by atoms with E-state index in [1.54, 1.807) is 13.3 Å². The van der Waals surface area contributed by atoms with Gasteiger partial charge >= 0.3 is 0 Å². The molecule has 0 saturated carbocycles. The van der Waals surface area contributed by atoms with Crippen molar-refractivity contribution in [3.05, 3.63) is 94.8 Å². The molecule has 2 aromatic carbocycles. The summed E-state index contributed by atoms with van der Waals surface area (Å²) in [6.45, 7) is 9.15. The third-order valence-corrected chi connectivity index (χ3v) is 6.72. The summed E-state index contributed by atoms with van der Waals surface area (Å²) < 4.78 is 5.65. The Kier molecular flexibility index (Phi) is 7.03. The molecule has 1 aromatic heterocycles. The molecule has 0 spiro atoms. The van der Waals surface area contributed by atoms with Crippen molar-refractivity contribution in [2.45, 2.75) is 64.7 Å². The predicted octanol–water partition coefficient (Wildman–Crippen LogP) is 5.79. The van der Waals surface area contributed by atoms with Gasteiger partial charge in [0, 0.05) is 24.0 Å². The number of hydrogen-bond acceptors (Lipinski definition) is 4. The Hall–Kier alpha value is -3.18. The molecule has 2 atom stereocenters. The number of amides is 1. The second-order valence-corrected chi connectivity index (χ2v) is 10.0. The molecule has 178 valence electrons. The molecule has 2 unspecified atom stereocenters. The lowest BCUT2D eigenvalue weighted by molar-refractivity contribution is 0.0630. The van der Waals surface area contributed by atoms with Crippen LogP contribution in [0.1, 0.15) is 72.4 Å². The second kappa shape index (κ2) is 9.98. The largest absolute Gasteiger partial charge is 0.496 e. The smallest absolute Gasteiger partial charge is 0.257 e. The van der Waals surface area contributed by atoms with Crippen LogP contribution in [0.3, 0.4) is 0 Å². The van der Waals surface area contributed by atoms with Crippen molar-refractivity contribution >= 4 is 5.91 Å². The van der Waals surface area contributed by atoms with Gasteiger partial charge in [0.25, 0.3) is 5.91 Å². The van der Waals surface area contributed by atoms with Crippen LogP contribution in [0.4, 0.5) is 0 Å². The van der Waals surface area contributed by atoms with E-state index >= 15 is 0 Å². The zero-order valence-corrected chi connectivity index (χ0v) is 20.8. The molecule has 1 fully saturated rings. The van der Waals surface area contributed by atoms with Crippen molar-refractivity contribution in [1.29, 1.82) is 0 Å². The summed E-state index contributed by atoms with van der Waals surface area (Å²) in [5, 5.41) is 3.68. The molecule has 0 bridgehead atoms. The zero-order chi connectivity index (χ0) is 24.3. The number of nitrogens with zero attached hydrogens (tertiary/aromatic N) is 2. The number of rotatable bonds is 6. The van der Waals surface area contributed by atoms with E-state index in [2.05, 4.69) is 55.3 Å². The van der Waals surface area contributed by atoms with Crippen LogP contribution in [0, 0.1) is 6.92 Å². The average Bonchev–Trinajstić information content (AvgIpc) is 3.26. The van der Waals surface area contributed by atoms with Gasteiger partial charge < -0.3 is 9.64 Å². The van der Waals surface area contributed by atoms with E-state index in [0.29, 0.717) is 12.1 Å². The quantitative estimate of drug-likeness (QED) is 0.509. The van der Waals surface area contributed by atoms with Crippen LogP contribution in [-0.2, 0) is 12.0 Å². The maximum atomic E-state index is 13.8. The molecule has 1 aliphatic rings. The van der Waals surface area contributed by atoms with E-state index in [1.807, 2.05) is 48.2 Å². The molecule has 1 saturated heterocycles. The molecule has 4 rings (SSSR count). The van der Waals surface area contributed by atoms with E-state index in [9.17, 15) is 4.79 Å². The third kappa shape index (κ3) is 5.00. The van der Waals surface area contributed by atoms with Gasteiger partial charge in [0.05, 0.1) is 24.9 Å². The van der Waals surface area contributed by atoms with Gasteiger partial charge in [0.2, 0.25) is 0 Å². The number of ether oxygens (including phenoxy) is 1. The van der Waals surface area contributed by atoms with Crippen molar-refractivity contribution in [3.8, 4) is 5.75 Å². The normalized spacial score (nSPS) is 18.2. The van der Waals surface area contributed by atoms with Crippen LogP contribution in [0.25, 0.3) is 0 Å². The van der Waals surface area contributed by atoms with Crippen LogP contribution in [0.15, 0.2) is 66.9 Å². The summed E-state index contributed by atoms with van der Waals surface area (Å²) in [5.74, 6) is 0.879. The Balaban J connectivity index is 1.63. The third-order valence-electron chi connectivity index (χ3n) is 6.72. The number of nitrogens with one attached hydrogen (secondary N) is 1. The SMILES string of the molecule is COc1ccc(C(C)(C)C)cc1CNC1CCC(c2ccccc2)N1C(=O)c1cccnc1C. The number of aromatic nitrogens is 1. The maximum absolute atomic E-state index is 13.8. The van der Waals surface area contributed by atoms with Gasteiger partial charge in [-0.1, -0.05) is 63.2 Å². The first-order chi connectivity index (χ1) is 16.3. The zero-order valence-electron chi connectivity index (χ0n) is 20.8. The topological polar surface area (TPSA) is 54.5 Å².